The molecule has 1 aromatic rings. The summed E-state index contributed by atoms with van der Waals surface area (Å²) in [5.74, 6) is -0.494. The molecule has 110 valence electrons. The van der Waals surface area contributed by atoms with Gasteiger partial charge in [-0.2, -0.15) is 0 Å². The molecular weight excluding hydrogens is 256 g/mol. The van der Waals surface area contributed by atoms with Crippen molar-refractivity contribution in [1.29, 1.82) is 0 Å². The average molecular weight is 278 g/mol. The second-order valence-corrected chi connectivity index (χ2v) is 4.87. The maximum atomic E-state index is 12.2. The number of rotatable bonds is 6. The lowest BCUT2D eigenvalue weighted by Gasteiger charge is -2.30. The number of ether oxygens (including phenoxy) is 1. The van der Waals surface area contributed by atoms with E-state index in [-0.39, 0.29) is 24.5 Å². The van der Waals surface area contributed by atoms with Crippen LogP contribution in [0.1, 0.15) is 20.8 Å². The minimum absolute atomic E-state index is 0.0608. The van der Waals surface area contributed by atoms with Crippen LogP contribution in [-0.4, -0.2) is 42.5 Å². The molecule has 1 N–H and O–H groups in total. The molecule has 0 saturated heterocycles. The van der Waals surface area contributed by atoms with Crippen molar-refractivity contribution < 1.29 is 14.3 Å². The predicted molar refractivity (Wildman–Crippen MR) is 78.4 cm³/mol. The molecule has 0 fully saturated rings. The van der Waals surface area contributed by atoms with Crippen molar-refractivity contribution in [3.05, 3.63) is 30.3 Å². The van der Waals surface area contributed by atoms with E-state index in [0.717, 1.165) is 5.69 Å². The Hall–Kier alpha value is -1.88. The van der Waals surface area contributed by atoms with E-state index in [2.05, 4.69) is 10.1 Å². The van der Waals surface area contributed by atoms with E-state index >= 15 is 0 Å². The zero-order valence-corrected chi connectivity index (χ0v) is 12.4. The Morgan fingerprint density at radius 3 is 2.30 bits per heavy atom. The summed E-state index contributed by atoms with van der Waals surface area (Å²) in [5, 5.41) is 2.84. The largest absolute Gasteiger partial charge is 0.468 e. The van der Waals surface area contributed by atoms with Crippen molar-refractivity contribution in [1.82, 2.24) is 4.90 Å². The van der Waals surface area contributed by atoms with Crippen LogP contribution < -0.4 is 5.32 Å². The van der Waals surface area contributed by atoms with Gasteiger partial charge in [-0.15, -0.1) is 0 Å². The topological polar surface area (TPSA) is 58.6 Å². The second kappa shape index (κ2) is 7.65. The lowest BCUT2D eigenvalue weighted by Crippen LogP contribution is -2.48. The van der Waals surface area contributed by atoms with Crippen LogP contribution >= 0.6 is 0 Å². The first-order chi connectivity index (χ1) is 9.45. The summed E-state index contributed by atoms with van der Waals surface area (Å²) in [6, 6.07) is 8.88. The fourth-order valence-corrected chi connectivity index (χ4v) is 1.90. The van der Waals surface area contributed by atoms with Crippen molar-refractivity contribution >= 4 is 17.6 Å². The smallest absolute Gasteiger partial charge is 0.319 e. The number of carbonyl (C=O) groups is 2. The average Bonchev–Trinajstić information content (AvgIpc) is 2.44. The summed E-state index contributed by atoms with van der Waals surface area (Å²) in [6.07, 6.45) is 0. The lowest BCUT2D eigenvalue weighted by molar-refractivity contribution is -0.143. The van der Waals surface area contributed by atoms with Crippen LogP contribution in [-0.2, 0) is 14.3 Å². The van der Waals surface area contributed by atoms with Crippen LogP contribution in [0.4, 0.5) is 5.69 Å². The van der Waals surface area contributed by atoms with E-state index in [0.29, 0.717) is 0 Å². The Balaban J connectivity index is 2.71. The summed E-state index contributed by atoms with van der Waals surface area (Å²) < 4.78 is 4.67. The fraction of sp³-hybridized carbons (Fsp3) is 0.467. The molecule has 1 aromatic carbocycles. The fourth-order valence-electron chi connectivity index (χ4n) is 1.90. The first kappa shape index (κ1) is 16.2. The molecule has 1 atom stereocenters. The number of hydrogen-bond acceptors (Lipinski definition) is 4. The number of anilines is 1. The van der Waals surface area contributed by atoms with Crippen LogP contribution in [0.5, 0.6) is 0 Å². The van der Waals surface area contributed by atoms with Crippen LogP contribution in [0.15, 0.2) is 30.3 Å². The SMILES string of the molecule is COC(=O)CN(C(C)C)C(C)C(=O)Nc1ccccc1. The molecule has 0 aliphatic rings. The van der Waals surface area contributed by atoms with Gasteiger partial charge in [0.05, 0.1) is 19.7 Å². The molecule has 0 heterocycles. The Morgan fingerprint density at radius 2 is 1.80 bits per heavy atom. The van der Waals surface area contributed by atoms with Gasteiger partial charge in [-0.05, 0) is 32.9 Å². The maximum Gasteiger partial charge on any atom is 0.319 e. The molecule has 20 heavy (non-hydrogen) atoms. The third kappa shape index (κ3) is 4.66. The zero-order chi connectivity index (χ0) is 15.1. The third-order valence-electron chi connectivity index (χ3n) is 3.12. The van der Waals surface area contributed by atoms with E-state index in [4.69, 9.17) is 0 Å². The molecule has 0 spiro atoms. The number of carbonyl (C=O) groups excluding carboxylic acids is 2. The molecule has 0 aliphatic heterocycles. The van der Waals surface area contributed by atoms with E-state index in [1.807, 2.05) is 44.2 Å². The standard InChI is InChI=1S/C15H22N2O3/c1-11(2)17(10-14(18)20-4)12(3)15(19)16-13-8-6-5-7-9-13/h5-9,11-12H,10H2,1-4H3,(H,16,19). The quantitative estimate of drug-likeness (QED) is 0.807. The normalized spacial score (nSPS) is 12.3. The number of nitrogens with one attached hydrogen (secondary N) is 1. The minimum atomic E-state index is -0.422. The number of nitrogens with zero attached hydrogens (tertiary/aromatic N) is 1. The highest BCUT2D eigenvalue weighted by Gasteiger charge is 2.25. The second-order valence-electron chi connectivity index (χ2n) is 4.87. The van der Waals surface area contributed by atoms with Gasteiger partial charge in [0.1, 0.15) is 0 Å². The number of hydrogen-bond donors (Lipinski definition) is 1. The third-order valence-corrected chi connectivity index (χ3v) is 3.12. The van der Waals surface area contributed by atoms with E-state index in [9.17, 15) is 9.59 Å². The molecule has 5 nitrogen and oxygen atoms in total. The highest BCUT2D eigenvalue weighted by molar-refractivity contribution is 5.94. The summed E-state index contributed by atoms with van der Waals surface area (Å²) >= 11 is 0. The van der Waals surface area contributed by atoms with E-state index < -0.39 is 6.04 Å². The van der Waals surface area contributed by atoms with Gasteiger partial charge in [0.2, 0.25) is 5.91 Å². The first-order valence-electron chi connectivity index (χ1n) is 6.64. The summed E-state index contributed by atoms with van der Waals surface area (Å²) in [7, 11) is 1.34. The number of amides is 1. The van der Waals surface area contributed by atoms with Crippen molar-refractivity contribution in [2.24, 2.45) is 0 Å². The van der Waals surface area contributed by atoms with Crippen LogP contribution in [0.3, 0.4) is 0 Å². The van der Waals surface area contributed by atoms with Gasteiger partial charge < -0.3 is 10.1 Å². The van der Waals surface area contributed by atoms with Crippen LogP contribution in [0, 0.1) is 0 Å². The summed E-state index contributed by atoms with van der Waals surface area (Å²) in [5.41, 5.74) is 0.742. The van der Waals surface area contributed by atoms with Crippen molar-refractivity contribution in [3.8, 4) is 0 Å². The van der Waals surface area contributed by atoms with Crippen molar-refractivity contribution in [3.63, 3.8) is 0 Å². The van der Waals surface area contributed by atoms with E-state index in [1.54, 1.807) is 11.8 Å². The predicted octanol–water partition coefficient (Wildman–Crippen LogP) is 1.90. The highest BCUT2D eigenvalue weighted by atomic mass is 16.5. The van der Waals surface area contributed by atoms with Gasteiger partial charge >= 0.3 is 5.97 Å². The first-order valence-corrected chi connectivity index (χ1v) is 6.64. The van der Waals surface area contributed by atoms with Gasteiger partial charge in [-0.1, -0.05) is 18.2 Å². The number of methoxy groups -OCH3 is 1. The molecule has 0 saturated carbocycles. The van der Waals surface area contributed by atoms with Crippen molar-refractivity contribution in [2.45, 2.75) is 32.9 Å². The molecule has 5 heteroatoms. The monoisotopic (exact) mass is 278 g/mol. The zero-order valence-electron chi connectivity index (χ0n) is 12.4. The number of esters is 1. The Bertz CT molecular complexity index is 446. The summed E-state index contributed by atoms with van der Waals surface area (Å²) in [4.78, 5) is 25.4. The summed E-state index contributed by atoms with van der Waals surface area (Å²) in [6.45, 7) is 5.75. The number of benzene rings is 1. The lowest BCUT2D eigenvalue weighted by atomic mass is 10.2. The maximum absolute atomic E-state index is 12.2. The Kier molecular flexibility index (Phi) is 6.18. The molecule has 1 amide bonds. The van der Waals surface area contributed by atoms with E-state index in [1.165, 1.54) is 7.11 Å². The molecule has 0 radical (unpaired) electrons. The highest BCUT2D eigenvalue weighted by Crippen LogP contribution is 2.10. The van der Waals surface area contributed by atoms with Gasteiger partial charge in [0.25, 0.3) is 0 Å². The van der Waals surface area contributed by atoms with Gasteiger partial charge in [0.15, 0.2) is 0 Å². The van der Waals surface area contributed by atoms with Crippen molar-refractivity contribution in [2.75, 3.05) is 19.0 Å². The molecule has 0 aliphatic carbocycles. The molecule has 0 aromatic heterocycles. The van der Waals surface area contributed by atoms with Gasteiger partial charge in [-0.25, -0.2) is 0 Å². The Morgan fingerprint density at radius 1 is 1.20 bits per heavy atom. The van der Waals surface area contributed by atoms with Gasteiger partial charge in [-0.3, -0.25) is 14.5 Å². The Labute approximate surface area is 119 Å². The molecular formula is C15H22N2O3. The van der Waals surface area contributed by atoms with Gasteiger partial charge in [0, 0.05) is 11.7 Å². The van der Waals surface area contributed by atoms with Crippen LogP contribution in [0.2, 0.25) is 0 Å². The number of para-hydroxylation sites is 1. The van der Waals surface area contributed by atoms with Crippen LogP contribution in [0.25, 0.3) is 0 Å². The minimum Gasteiger partial charge on any atom is -0.468 e. The molecule has 0 bridgehead atoms. The molecule has 1 unspecified atom stereocenters. The molecule has 1 rings (SSSR count).